The number of halogens is 3. The molecule has 3 N–H and O–H groups in total. The molecule has 0 saturated carbocycles. The van der Waals surface area contributed by atoms with Crippen molar-refractivity contribution >= 4 is 0 Å². The molecular formula is C9H18F3NO. The van der Waals surface area contributed by atoms with E-state index in [4.69, 9.17) is 5.73 Å². The Labute approximate surface area is 82.3 Å². The van der Waals surface area contributed by atoms with Gasteiger partial charge >= 0.3 is 0 Å². The minimum Gasteiger partial charge on any atom is -0.391 e. The van der Waals surface area contributed by atoms with Crippen LogP contribution in [0.5, 0.6) is 0 Å². The molecule has 14 heavy (non-hydrogen) atoms. The minimum absolute atomic E-state index is 0.158. The predicted molar refractivity (Wildman–Crippen MR) is 49.2 cm³/mol. The number of hydrogen-bond acceptors (Lipinski definition) is 2. The van der Waals surface area contributed by atoms with Crippen LogP contribution in [0.4, 0.5) is 13.2 Å². The van der Waals surface area contributed by atoms with Crippen LogP contribution < -0.4 is 5.73 Å². The van der Waals surface area contributed by atoms with Gasteiger partial charge in [0.05, 0.1) is 11.5 Å². The van der Waals surface area contributed by atoms with Crippen molar-refractivity contribution in [1.82, 2.24) is 0 Å². The van der Waals surface area contributed by atoms with Gasteiger partial charge in [0.25, 0.3) is 0 Å². The zero-order chi connectivity index (χ0) is 11.4. The van der Waals surface area contributed by atoms with E-state index in [1.54, 1.807) is 13.8 Å². The molecule has 0 fully saturated rings. The van der Waals surface area contributed by atoms with E-state index in [9.17, 15) is 18.3 Å². The van der Waals surface area contributed by atoms with Crippen molar-refractivity contribution < 1.29 is 18.3 Å². The molecule has 5 heteroatoms. The van der Waals surface area contributed by atoms with Gasteiger partial charge in [-0.25, -0.2) is 0 Å². The Balaban J connectivity index is 4.66. The van der Waals surface area contributed by atoms with Gasteiger partial charge < -0.3 is 10.8 Å². The Morgan fingerprint density at radius 1 is 1.14 bits per heavy atom. The van der Waals surface area contributed by atoms with Gasteiger partial charge in [0, 0.05) is 6.04 Å². The van der Waals surface area contributed by atoms with Crippen LogP contribution in [0.3, 0.4) is 0 Å². The van der Waals surface area contributed by atoms with Gasteiger partial charge in [0.1, 0.15) is 20.0 Å². The second kappa shape index (κ2) is 5.56. The van der Waals surface area contributed by atoms with Gasteiger partial charge in [0.2, 0.25) is 0 Å². The molecule has 0 rings (SSSR count). The van der Waals surface area contributed by atoms with Crippen LogP contribution in [-0.4, -0.2) is 37.3 Å². The first kappa shape index (κ1) is 13.7. The minimum atomic E-state index is -1.98. The lowest BCUT2D eigenvalue weighted by Gasteiger charge is -2.35. The molecule has 2 atom stereocenters. The largest absolute Gasteiger partial charge is 0.391 e. The summed E-state index contributed by atoms with van der Waals surface area (Å²) in [7, 11) is 0. The Morgan fingerprint density at radius 2 is 1.50 bits per heavy atom. The van der Waals surface area contributed by atoms with Gasteiger partial charge in [-0.05, 0) is 5.92 Å². The molecular weight excluding hydrogens is 195 g/mol. The SMILES string of the molecule is CC(C)[C@H](N)C(O)C(CF)(CF)CF. The van der Waals surface area contributed by atoms with E-state index in [1.807, 2.05) is 0 Å². The number of aliphatic hydroxyl groups is 1. The van der Waals surface area contributed by atoms with Crippen LogP contribution in [0.25, 0.3) is 0 Å². The molecule has 0 aromatic carbocycles. The quantitative estimate of drug-likeness (QED) is 0.697. The average Bonchev–Trinajstić information content (AvgIpc) is 2.19. The third-order valence-corrected chi connectivity index (χ3v) is 2.56. The van der Waals surface area contributed by atoms with E-state index in [2.05, 4.69) is 0 Å². The molecule has 1 unspecified atom stereocenters. The molecule has 0 aromatic heterocycles. The van der Waals surface area contributed by atoms with E-state index in [0.717, 1.165) is 0 Å². The van der Waals surface area contributed by atoms with Gasteiger partial charge in [-0.1, -0.05) is 13.8 Å². The third-order valence-electron chi connectivity index (χ3n) is 2.56. The van der Waals surface area contributed by atoms with Crippen LogP contribution in [-0.2, 0) is 0 Å². The number of alkyl halides is 3. The number of hydrogen-bond donors (Lipinski definition) is 2. The number of aliphatic hydroxyl groups excluding tert-OH is 1. The van der Waals surface area contributed by atoms with Crippen molar-refractivity contribution in [2.24, 2.45) is 17.1 Å². The van der Waals surface area contributed by atoms with Gasteiger partial charge in [-0.2, -0.15) is 0 Å². The van der Waals surface area contributed by atoms with Crippen LogP contribution in [0.1, 0.15) is 13.8 Å². The monoisotopic (exact) mass is 213 g/mol. The second-order valence-electron chi connectivity index (χ2n) is 4.03. The fourth-order valence-electron chi connectivity index (χ4n) is 1.12. The Bertz CT molecular complexity index is 154. The molecule has 0 aliphatic heterocycles. The summed E-state index contributed by atoms with van der Waals surface area (Å²) in [4.78, 5) is 0. The lowest BCUT2D eigenvalue weighted by Crippen LogP contribution is -2.53. The number of rotatable bonds is 6. The van der Waals surface area contributed by atoms with Crippen molar-refractivity contribution in [3.8, 4) is 0 Å². The summed E-state index contributed by atoms with van der Waals surface area (Å²) in [5.41, 5.74) is 3.54. The van der Waals surface area contributed by atoms with E-state index in [1.165, 1.54) is 0 Å². The first-order valence-electron chi connectivity index (χ1n) is 4.56. The average molecular weight is 213 g/mol. The summed E-state index contributed by atoms with van der Waals surface area (Å²) in [5, 5.41) is 9.55. The first-order valence-corrected chi connectivity index (χ1v) is 4.56. The molecule has 0 aliphatic carbocycles. The molecule has 0 saturated heterocycles. The highest BCUT2D eigenvalue weighted by atomic mass is 19.1. The summed E-state index contributed by atoms with van der Waals surface area (Å²) in [6.07, 6.45) is -1.50. The van der Waals surface area contributed by atoms with Crippen molar-refractivity contribution in [1.29, 1.82) is 0 Å². The van der Waals surface area contributed by atoms with Gasteiger partial charge in [-0.3, -0.25) is 13.2 Å². The maximum Gasteiger partial charge on any atom is 0.103 e. The summed E-state index contributed by atoms with van der Waals surface area (Å²) >= 11 is 0. The van der Waals surface area contributed by atoms with Crippen molar-refractivity contribution in [2.45, 2.75) is 26.0 Å². The van der Waals surface area contributed by atoms with Crippen LogP contribution in [0, 0.1) is 11.3 Å². The predicted octanol–water partition coefficient (Wildman–Crippen LogP) is 1.23. The Morgan fingerprint density at radius 3 is 1.71 bits per heavy atom. The van der Waals surface area contributed by atoms with Crippen molar-refractivity contribution in [3.63, 3.8) is 0 Å². The fourth-order valence-corrected chi connectivity index (χ4v) is 1.12. The zero-order valence-electron chi connectivity index (χ0n) is 8.51. The zero-order valence-corrected chi connectivity index (χ0v) is 8.51. The van der Waals surface area contributed by atoms with Gasteiger partial charge in [0.15, 0.2) is 0 Å². The standard InChI is InChI=1S/C9H18F3NO/c1-6(2)7(13)8(14)9(3-10,4-11)5-12/h6-8,14H,3-5,13H2,1-2H3/t7-,8?/m0/s1. The maximum atomic E-state index is 12.5. The van der Waals surface area contributed by atoms with Crippen molar-refractivity contribution in [3.05, 3.63) is 0 Å². The smallest absolute Gasteiger partial charge is 0.103 e. The highest BCUT2D eigenvalue weighted by Crippen LogP contribution is 2.28. The highest BCUT2D eigenvalue weighted by molar-refractivity contribution is 4.92. The Hall–Kier alpha value is -0.290. The van der Waals surface area contributed by atoms with Crippen LogP contribution >= 0.6 is 0 Å². The lowest BCUT2D eigenvalue weighted by atomic mass is 9.79. The molecule has 2 nitrogen and oxygen atoms in total. The summed E-state index contributed by atoms with van der Waals surface area (Å²) < 4.78 is 37.5. The molecule has 0 heterocycles. The number of nitrogens with two attached hydrogens (primary N) is 1. The molecule has 0 aliphatic rings. The fraction of sp³-hybridized carbons (Fsp3) is 1.00. The molecule has 0 spiro atoms. The van der Waals surface area contributed by atoms with E-state index < -0.39 is 37.6 Å². The Kier molecular flexibility index (Phi) is 5.44. The summed E-state index contributed by atoms with van der Waals surface area (Å²) in [6.45, 7) is -0.342. The summed E-state index contributed by atoms with van der Waals surface area (Å²) in [6, 6.07) is -0.822. The molecule has 0 bridgehead atoms. The third kappa shape index (κ3) is 2.60. The normalized spacial score (nSPS) is 17.1. The molecule has 0 aromatic rings. The second-order valence-corrected chi connectivity index (χ2v) is 4.03. The molecule has 86 valence electrons. The molecule has 0 amide bonds. The topological polar surface area (TPSA) is 46.2 Å². The highest BCUT2D eigenvalue weighted by Gasteiger charge is 2.42. The van der Waals surface area contributed by atoms with Crippen molar-refractivity contribution in [2.75, 3.05) is 20.0 Å². The maximum absolute atomic E-state index is 12.5. The first-order chi connectivity index (χ1) is 6.45. The van der Waals surface area contributed by atoms with Crippen LogP contribution in [0.15, 0.2) is 0 Å². The van der Waals surface area contributed by atoms with E-state index in [-0.39, 0.29) is 5.92 Å². The van der Waals surface area contributed by atoms with E-state index >= 15 is 0 Å². The van der Waals surface area contributed by atoms with E-state index in [0.29, 0.717) is 0 Å². The van der Waals surface area contributed by atoms with Gasteiger partial charge in [-0.15, -0.1) is 0 Å². The van der Waals surface area contributed by atoms with Crippen LogP contribution in [0.2, 0.25) is 0 Å². The molecule has 0 radical (unpaired) electrons. The lowest BCUT2D eigenvalue weighted by molar-refractivity contribution is -0.0486. The summed E-state index contributed by atoms with van der Waals surface area (Å²) in [5.74, 6) is -0.158.